The second kappa shape index (κ2) is 36.4. The van der Waals surface area contributed by atoms with Crippen molar-refractivity contribution in [1.82, 2.24) is 5.32 Å². The van der Waals surface area contributed by atoms with Gasteiger partial charge in [0.1, 0.15) is 13.2 Å². The Hall–Kier alpha value is -1.28. The van der Waals surface area contributed by atoms with E-state index in [1.165, 1.54) is 116 Å². The molecule has 0 bridgehead atoms. The van der Waals surface area contributed by atoms with Gasteiger partial charge in [0.05, 0.1) is 39.9 Å². The molecule has 0 aliphatic heterocycles. The number of carbonyl (C=O) groups excluding carboxylic acids is 1. The van der Waals surface area contributed by atoms with E-state index in [4.69, 9.17) is 9.05 Å². The summed E-state index contributed by atoms with van der Waals surface area (Å²) < 4.78 is 23.3. The van der Waals surface area contributed by atoms with Crippen molar-refractivity contribution in [3.05, 3.63) is 36.5 Å². The van der Waals surface area contributed by atoms with E-state index in [0.717, 1.165) is 51.4 Å². The smallest absolute Gasteiger partial charge is 0.387 e. The topological polar surface area (TPSA) is 105 Å². The van der Waals surface area contributed by atoms with Crippen molar-refractivity contribution >= 4 is 13.7 Å². The summed E-state index contributed by atoms with van der Waals surface area (Å²) in [5.41, 5.74) is 0. The zero-order valence-electron chi connectivity index (χ0n) is 35.3. The summed E-state index contributed by atoms with van der Waals surface area (Å²) in [7, 11) is 1.54. The predicted octanol–water partition coefficient (Wildman–Crippen LogP) is 11.9. The van der Waals surface area contributed by atoms with Crippen LogP contribution in [0.4, 0.5) is 0 Å². The number of nitrogens with zero attached hydrogens (tertiary/aromatic N) is 1. The number of aliphatic hydroxyl groups is 1. The fraction of sp³-hybridized carbons (Fsp3) is 0.841. The van der Waals surface area contributed by atoms with E-state index in [2.05, 4.69) is 43.5 Å². The highest BCUT2D eigenvalue weighted by atomic mass is 31.2. The number of phosphoric acid groups is 1. The Bertz CT molecular complexity index is 964. The molecular formula is C44H86N2O6P+. The lowest BCUT2D eigenvalue weighted by Gasteiger charge is -2.25. The number of nitrogens with one attached hydrogen (secondary N) is 1. The third-order valence-corrected chi connectivity index (χ3v) is 10.6. The Morgan fingerprint density at radius 3 is 1.51 bits per heavy atom. The van der Waals surface area contributed by atoms with Crippen LogP contribution in [-0.2, 0) is 18.4 Å². The van der Waals surface area contributed by atoms with E-state index in [0.29, 0.717) is 17.4 Å². The molecule has 9 heteroatoms. The Balaban J connectivity index is 4.10. The number of amides is 1. The van der Waals surface area contributed by atoms with E-state index in [9.17, 15) is 19.4 Å². The van der Waals surface area contributed by atoms with Gasteiger partial charge in [0, 0.05) is 6.42 Å². The monoisotopic (exact) mass is 770 g/mol. The third kappa shape index (κ3) is 38.8. The lowest BCUT2D eigenvalue weighted by atomic mass is 10.0. The maximum absolute atomic E-state index is 12.5. The summed E-state index contributed by atoms with van der Waals surface area (Å²) in [4.78, 5) is 22.7. The van der Waals surface area contributed by atoms with E-state index in [1.54, 1.807) is 6.08 Å². The van der Waals surface area contributed by atoms with Gasteiger partial charge >= 0.3 is 7.82 Å². The first-order valence-corrected chi connectivity index (χ1v) is 23.4. The lowest BCUT2D eigenvalue weighted by Crippen LogP contribution is -2.45. The summed E-state index contributed by atoms with van der Waals surface area (Å²) >= 11 is 0. The molecule has 3 N–H and O–H groups in total. The van der Waals surface area contributed by atoms with Gasteiger partial charge in [-0.25, -0.2) is 4.57 Å². The standard InChI is InChI=1S/C44H85N2O6P/c1-6-8-10-12-13-14-15-16-17-18-19-20-21-22-23-24-25-26-27-28-29-30-31-32-33-34-35-37-43(47)42(45-44(48)38-36-11-9-7-2)41-52-53(49,50)51-40-39-46(3,4)5/h27-28,31-32,35,37,42-43,47H,6-26,29-30,33-34,36,38-41H2,1-5H3,(H-,45,48,49,50)/p+1/b28-27+,32-31+,37-35+. The molecule has 0 fully saturated rings. The van der Waals surface area contributed by atoms with Gasteiger partial charge in [0.2, 0.25) is 5.91 Å². The first-order valence-electron chi connectivity index (χ1n) is 21.9. The fourth-order valence-corrected chi connectivity index (χ4v) is 6.81. The minimum absolute atomic E-state index is 0.0532. The third-order valence-electron chi connectivity index (χ3n) is 9.59. The molecule has 0 heterocycles. The van der Waals surface area contributed by atoms with E-state index < -0.39 is 20.0 Å². The minimum Gasteiger partial charge on any atom is -0.387 e. The zero-order valence-corrected chi connectivity index (χ0v) is 36.1. The van der Waals surface area contributed by atoms with Crippen LogP contribution >= 0.6 is 7.82 Å². The molecule has 0 spiro atoms. The second-order valence-electron chi connectivity index (χ2n) is 16.1. The number of allylic oxidation sites excluding steroid dienone is 5. The van der Waals surface area contributed by atoms with Crippen LogP contribution in [0, 0.1) is 0 Å². The van der Waals surface area contributed by atoms with Crippen molar-refractivity contribution in [2.45, 2.75) is 199 Å². The number of rotatable bonds is 39. The number of hydrogen-bond donors (Lipinski definition) is 3. The predicted molar refractivity (Wildman–Crippen MR) is 226 cm³/mol. The van der Waals surface area contributed by atoms with Gasteiger partial charge in [0.15, 0.2) is 0 Å². The summed E-state index contributed by atoms with van der Waals surface area (Å²) in [5.74, 6) is -0.210. The maximum atomic E-state index is 12.5. The van der Waals surface area contributed by atoms with Gasteiger partial charge in [-0.2, -0.15) is 0 Å². The molecule has 0 aliphatic rings. The molecule has 0 rings (SSSR count). The van der Waals surface area contributed by atoms with Crippen molar-refractivity contribution in [1.29, 1.82) is 0 Å². The van der Waals surface area contributed by atoms with E-state index in [1.807, 2.05) is 27.2 Å². The lowest BCUT2D eigenvalue weighted by molar-refractivity contribution is -0.870. The summed E-state index contributed by atoms with van der Waals surface area (Å²) in [5, 5.41) is 13.6. The Kier molecular flexibility index (Phi) is 35.5. The average Bonchev–Trinajstić information content (AvgIpc) is 3.10. The van der Waals surface area contributed by atoms with Crippen LogP contribution in [0.2, 0.25) is 0 Å². The zero-order chi connectivity index (χ0) is 39.3. The van der Waals surface area contributed by atoms with Crippen LogP contribution in [0.1, 0.15) is 187 Å². The number of phosphoric ester groups is 1. The van der Waals surface area contributed by atoms with Crippen molar-refractivity contribution < 1.29 is 32.9 Å². The molecule has 312 valence electrons. The van der Waals surface area contributed by atoms with Gasteiger partial charge in [0.25, 0.3) is 0 Å². The van der Waals surface area contributed by atoms with Gasteiger partial charge in [-0.15, -0.1) is 0 Å². The van der Waals surface area contributed by atoms with Crippen molar-refractivity contribution in [2.75, 3.05) is 40.9 Å². The van der Waals surface area contributed by atoms with Crippen LogP contribution in [-0.4, -0.2) is 73.4 Å². The molecule has 0 aromatic carbocycles. The van der Waals surface area contributed by atoms with E-state index in [-0.39, 0.29) is 19.1 Å². The molecule has 53 heavy (non-hydrogen) atoms. The molecular weight excluding hydrogens is 683 g/mol. The quantitative estimate of drug-likeness (QED) is 0.0249. The number of likely N-dealkylation sites (N-methyl/N-ethyl adjacent to an activating group) is 1. The van der Waals surface area contributed by atoms with Crippen molar-refractivity contribution in [3.63, 3.8) is 0 Å². The second-order valence-corrected chi connectivity index (χ2v) is 17.5. The number of carbonyl (C=O) groups is 1. The van der Waals surface area contributed by atoms with Crippen LogP contribution in [0.25, 0.3) is 0 Å². The molecule has 0 radical (unpaired) electrons. The first-order chi connectivity index (χ1) is 25.5. The molecule has 0 aromatic rings. The maximum Gasteiger partial charge on any atom is 0.472 e. The molecule has 0 aliphatic carbocycles. The summed E-state index contributed by atoms with van der Waals surface area (Å²) in [6.07, 6.45) is 44.4. The van der Waals surface area contributed by atoms with E-state index >= 15 is 0 Å². The highest BCUT2D eigenvalue weighted by molar-refractivity contribution is 7.47. The fourth-order valence-electron chi connectivity index (χ4n) is 6.07. The van der Waals surface area contributed by atoms with Crippen LogP contribution in [0.5, 0.6) is 0 Å². The Labute approximate surface area is 327 Å². The van der Waals surface area contributed by atoms with Gasteiger partial charge < -0.3 is 19.8 Å². The number of unbranched alkanes of at least 4 members (excludes halogenated alkanes) is 22. The van der Waals surface area contributed by atoms with Crippen LogP contribution in [0.15, 0.2) is 36.5 Å². The average molecular weight is 770 g/mol. The minimum atomic E-state index is -4.33. The summed E-state index contributed by atoms with van der Waals surface area (Å²) in [6.45, 7) is 4.65. The summed E-state index contributed by atoms with van der Waals surface area (Å²) in [6, 6.07) is -0.862. The molecule has 3 unspecified atom stereocenters. The number of aliphatic hydroxyl groups excluding tert-OH is 1. The highest BCUT2D eigenvalue weighted by Gasteiger charge is 2.27. The van der Waals surface area contributed by atoms with Crippen molar-refractivity contribution in [2.24, 2.45) is 0 Å². The van der Waals surface area contributed by atoms with Crippen LogP contribution < -0.4 is 5.32 Å². The normalized spacial score (nSPS) is 14.8. The molecule has 8 nitrogen and oxygen atoms in total. The molecule has 1 amide bonds. The molecule has 3 atom stereocenters. The number of quaternary nitrogens is 1. The van der Waals surface area contributed by atoms with Gasteiger partial charge in [-0.05, 0) is 44.9 Å². The Morgan fingerprint density at radius 1 is 0.623 bits per heavy atom. The van der Waals surface area contributed by atoms with Crippen molar-refractivity contribution in [3.8, 4) is 0 Å². The largest absolute Gasteiger partial charge is 0.472 e. The first kappa shape index (κ1) is 51.7. The van der Waals surface area contributed by atoms with Crippen LogP contribution in [0.3, 0.4) is 0 Å². The molecule has 0 saturated heterocycles. The Morgan fingerprint density at radius 2 is 1.04 bits per heavy atom. The van der Waals surface area contributed by atoms with Gasteiger partial charge in [-0.3, -0.25) is 13.8 Å². The SMILES string of the molecule is CCCCCCCCCCCCCCCCCCC/C=C/CC/C=C/CC/C=C/C(O)C(COP(=O)(O)OCC[N+](C)(C)C)NC(=O)CCCCCC. The highest BCUT2D eigenvalue weighted by Crippen LogP contribution is 2.43. The molecule has 0 aromatic heterocycles. The molecule has 0 saturated carbocycles. The number of hydrogen-bond acceptors (Lipinski definition) is 5. The van der Waals surface area contributed by atoms with Gasteiger partial charge in [-0.1, -0.05) is 172 Å².